The van der Waals surface area contributed by atoms with E-state index in [1.54, 1.807) is 0 Å². The Morgan fingerprint density at radius 3 is 2.48 bits per heavy atom. The van der Waals surface area contributed by atoms with E-state index in [0.717, 1.165) is 4.31 Å². The Morgan fingerprint density at radius 1 is 1.30 bits per heavy atom. The number of hydrogen-bond donors (Lipinski definition) is 2. The van der Waals surface area contributed by atoms with Crippen LogP contribution in [0.5, 0.6) is 0 Å². The third kappa shape index (κ3) is 3.25. The summed E-state index contributed by atoms with van der Waals surface area (Å²) < 4.78 is 52.0. The fourth-order valence-electron chi connectivity index (χ4n) is 2.60. The van der Waals surface area contributed by atoms with Gasteiger partial charge in [-0.3, -0.25) is 4.79 Å². The van der Waals surface area contributed by atoms with E-state index in [4.69, 9.17) is 5.11 Å². The Hall–Kier alpha value is -1.49. The van der Waals surface area contributed by atoms with Gasteiger partial charge in [0.1, 0.15) is 6.04 Å². The Bertz CT molecular complexity index is 832. The third-order valence-corrected chi connectivity index (χ3v) is 7.28. The zero-order valence-corrected chi connectivity index (χ0v) is 14.3. The number of carbonyl (C=O) groups is 1. The van der Waals surface area contributed by atoms with Crippen LogP contribution in [0.2, 0.25) is 0 Å². The van der Waals surface area contributed by atoms with Crippen LogP contribution in [0.15, 0.2) is 28.0 Å². The van der Waals surface area contributed by atoms with Gasteiger partial charge in [0.05, 0.1) is 9.79 Å². The zero-order chi connectivity index (χ0) is 17.4. The van der Waals surface area contributed by atoms with Crippen LogP contribution in [0.25, 0.3) is 0 Å². The first-order chi connectivity index (χ1) is 10.6. The summed E-state index contributed by atoms with van der Waals surface area (Å²) in [6.45, 7) is 1.62. The van der Waals surface area contributed by atoms with Crippen LogP contribution in [0.3, 0.4) is 0 Å². The van der Waals surface area contributed by atoms with Crippen molar-refractivity contribution in [3.05, 3.63) is 23.8 Å². The smallest absolute Gasteiger partial charge is 0.322 e. The van der Waals surface area contributed by atoms with E-state index in [0.29, 0.717) is 6.42 Å². The van der Waals surface area contributed by atoms with Crippen molar-refractivity contribution in [2.24, 2.45) is 0 Å². The van der Waals surface area contributed by atoms with Gasteiger partial charge in [-0.1, -0.05) is 0 Å². The fourth-order valence-corrected chi connectivity index (χ4v) is 5.29. The first-order valence-corrected chi connectivity index (χ1v) is 9.82. The molecular weight excluding hydrogens is 344 g/mol. The molecule has 0 bridgehead atoms. The van der Waals surface area contributed by atoms with Crippen LogP contribution >= 0.6 is 0 Å². The summed E-state index contributed by atoms with van der Waals surface area (Å²) in [5.74, 6) is -1.18. The van der Waals surface area contributed by atoms with Gasteiger partial charge in [-0.2, -0.15) is 4.31 Å². The molecule has 0 aliphatic carbocycles. The Balaban J connectivity index is 2.46. The van der Waals surface area contributed by atoms with E-state index in [2.05, 4.69) is 4.72 Å². The van der Waals surface area contributed by atoms with Gasteiger partial charge in [0.15, 0.2) is 0 Å². The molecule has 1 aromatic rings. The summed E-state index contributed by atoms with van der Waals surface area (Å²) >= 11 is 0. The highest BCUT2D eigenvalue weighted by Crippen LogP contribution is 2.28. The maximum absolute atomic E-state index is 12.6. The van der Waals surface area contributed by atoms with E-state index in [9.17, 15) is 21.6 Å². The number of rotatable bonds is 5. The number of carboxylic acid groups (broad SMARTS) is 1. The lowest BCUT2D eigenvalue weighted by Crippen LogP contribution is -2.40. The SMILES string of the molecule is CNS(=O)(=O)c1ccc(S(=O)(=O)N2CCC[C@H]2C(=O)O)cc1C. The van der Waals surface area contributed by atoms with Gasteiger partial charge >= 0.3 is 5.97 Å². The fraction of sp³-hybridized carbons (Fsp3) is 0.462. The summed E-state index contributed by atoms with van der Waals surface area (Å²) in [6, 6.07) is 2.56. The molecule has 10 heteroatoms. The number of sulfonamides is 2. The Labute approximate surface area is 135 Å². The van der Waals surface area contributed by atoms with Crippen molar-refractivity contribution >= 4 is 26.0 Å². The molecule has 23 heavy (non-hydrogen) atoms. The molecule has 1 fully saturated rings. The molecule has 1 aromatic carbocycles. The van der Waals surface area contributed by atoms with Crippen molar-refractivity contribution < 1.29 is 26.7 Å². The van der Waals surface area contributed by atoms with Gasteiger partial charge in [0, 0.05) is 6.54 Å². The molecule has 1 heterocycles. The summed E-state index contributed by atoms with van der Waals surface area (Å²) in [4.78, 5) is 11.1. The largest absolute Gasteiger partial charge is 0.480 e. The molecule has 2 rings (SSSR count). The first-order valence-electron chi connectivity index (χ1n) is 6.90. The molecule has 128 valence electrons. The van der Waals surface area contributed by atoms with Gasteiger partial charge in [0.2, 0.25) is 20.0 Å². The Morgan fingerprint density at radius 2 is 1.96 bits per heavy atom. The lowest BCUT2D eigenvalue weighted by atomic mass is 10.2. The molecule has 0 aromatic heterocycles. The highest BCUT2D eigenvalue weighted by atomic mass is 32.2. The average Bonchev–Trinajstić information content (AvgIpc) is 2.97. The lowest BCUT2D eigenvalue weighted by molar-refractivity contribution is -0.140. The van der Waals surface area contributed by atoms with E-state index in [1.165, 1.54) is 32.2 Å². The number of aliphatic carboxylic acids is 1. The van der Waals surface area contributed by atoms with Gasteiger partial charge in [-0.15, -0.1) is 0 Å². The van der Waals surface area contributed by atoms with E-state index < -0.39 is 32.1 Å². The lowest BCUT2D eigenvalue weighted by Gasteiger charge is -2.21. The summed E-state index contributed by atoms with van der Waals surface area (Å²) in [7, 11) is -6.41. The quantitative estimate of drug-likeness (QED) is 0.769. The molecule has 1 saturated heterocycles. The van der Waals surface area contributed by atoms with Gasteiger partial charge < -0.3 is 5.11 Å². The van der Waals surface area contributed by atoms with Crippen molar-refractivity contribution in [2.75, 3.05) is 13.6 Å². The molecule has 1 aliphatic rings. The van der Waals surface area contributed by atoms with Crippen LogP contribution in [0.4, 0.5) is 0 Å². The number of hydrogen-bond acceptors (Lipinski definition) is 5. The molecule has 0 spiro atoms. The predicted molar refractivity (Wildman–Crippen MR) is 82.0 cm³/mol. The summed E-state index contributed by atoms with van der Waals surface area (Å²) in [6.07, 6.45) is 0.737. The van der Waals surface area contributed by atoms with E-state index >= 15 is 0 Å². The number of aryl methyl sites for hydroxylation is 1. The second-order valence-corrected chi connectivity index (χ2v) is 8.99. The van der Waals surface area contributed by atoms with E-state index in [1.807, 2.05) is 0 Å². The minimum absolute atomic E-state index is 0.0184. The molecule has 8 nitrogen and oxygen atoms in total. The molecule has 0 radical (unpaired) electrons. The standard InChI is InChI=1S/C13H18N2O6S2/c1-9-8-10(5-6-12(9)22(18,19)14-2)23(20,21)15-7-3-4-11(15)13(16)17/h5-6,8,11,14H,3-4,7H2,1-2H3,(H,16,17)/t11-/m0/s1. The van der Waals surface area contributed by atoms with Gasteiger partial charge in [-0.05, 0) is 50.6 Å². The van der Waals surface area contributed by atoms with Crippen molar-refractivity contribution in [2.45, 2.75) is 35.6 Å². The minimum atomic E-state index is -3.99. The maximum atomic E-state index is 12.6. The van der Waals surface area contributed by atoms with Gasteiger partial charge in [0.25, 0.3) is 0 Å². The maximum Gasteiger partial charge on any atom is 0.322 e. The molecule has 0 amide bonds. The third-order valence-electron chi connectivity index (χ3n) is 3.80. The average molecular weight is 362 g/mol. The van der Waals surface area contributed by atoms with Crippen molar-refractivity contribution in [1.82, 2.24) is 9.03 Å². The van der Waals surface area contributed by atoms with Crippen molar-refractivity contribution in [3.63, 3.8) is 0 Å². The highest BCUT2D eigenvalue weighted by molar-refractivity contribution is 7.89. The summed E-state index contributed by atoms with van der Waals surface area (Å²) in [5.41, 5.74) is 0.270. The topological polar surface area (TPSA) is 121 Å². The molecule has 2 N–H and O–H groups in total. The van der Waals surface area contributed by atoms with Gasteiger partial charge in [-0.25, -0.2) is 21.6 Å². The monoisotopic (exact) mass is 362 g/mol. The van der Waals surface area contributed by atoms with Crippen LogP contribution < -0.4 is 4.72 Å². The number of nitrogens with one attached hydrogen (secondary N) is 1. The first kappa shape index (κ1) is 17.9. The minimum Gasteiger partial charge on any atom is -0.480 e. The molecule has 1 aliphatic heterocycles. The Kier molecular flexibility index (Phi) is 4.81. The molecular formula is C13H18N2O6S2. The van der Waals surface area contributed by atoms with Crippen molar-refractivity contribution in [3.8, 4) is 0 Å². The van der Waals surface area contributed by atoms with Crippen LogP contribution in [0, 0.1) is 6.92 Å². The number of nitrogens with zero attached hydrogens (tertiary/aromatic N) is 1. The predicted octanol–water partition coefficient (Wildman–Crippen LogP) is 0.141. The second-order valence-electron chi connectivity index (χ2n) is 5.25. The summed E-state index contributed by atoms with van der Waals surface area (Å²) in [5, 5.41) is 9.14. The zero-order valence-electron chi connectivity index (χ0n) is 12.7. The second kappa shape index (κ2) is 6.19. The molecule has 0 unspecified atom stereocenters. The van der Waals surface area contributed by atoms with E-state index in [-0.39, 0.29) is 28.3 Å². The van der Waals surface area contributed by atoms with Crippen LogP contribution in [-0.4, -0.2) is 51.9 Å². The normalized spacial score (nSPS) is 19.8. The van der Waals surface area contributed by atoms with Crippen LogP contribution in [-0.2, 0) is 24.8 Å². The van der Waals surface area contributed by atoms with Crippen LogP contribution in [0.1, 0.15) is 18.4 Å². The number of benzene rings is 1. The highest BCUT2D eigenvalue weighted by Gasteiger charge is 2.39. The molecule has 1 atom stereocenters. The van der Waals surface area contributed by atoms with Crippen molar-refractivity contribution in [1.29, 1.82) is 0 Å². The molecule has 0 saturated carbocycles. The number of carboxylic acids is 1.